The summed E-state index contributed by atoms with van der Waals surface area (Å²) in [5.41, 5.74) is 5.36. The molecule has 0 aromatic heterocycles. The van der Waals surface area contributed by atoms with E-state index < -0.39 is 26.5 Å². The smallest absolute Gasteiger partial charge is 0.462 e. The van der Waals surface area contributed by atoms with Crippen molar-refractivity contribution in [1.82, 2.24) is 0 Å². The summed E-state index contributed by atoms with van der Waals surface area (Å²) in [6.45, 7) is 3.62. The van der Waals surface area contributed by atoms with Gasteiger partial charge in [-0.05, 0) is 57.8 Å². The van der Waals surface area contributed by atoms with Crippen molar-refractivity contribution in [1.29, 1.82) is 0 Å². The minimum absolute atomic E-state index is 0.0540. The fraction of sp³-hybridized carbons (Fsp3) is 0.778. The zero-order chi connectivity index (χ0) is 46.7. The first-order valence-corrected chi connectivity index (χ1v) is 27.8. The Morgan fingerprint density at radius 2 is 0.859 bits per heavy atom. The maximum Gasteiger partial charge on any atom is 0.472 e. The second-order valence-corrected chi connectivity index (χ2v) is 18.8. The number of ether oxygens (including phenoxy) is 2. The number of phosphoric acid groups is 1. The lowest BCUT2D eigenvalue weighted by Crippen LogP contribution is -2.29. The largest absolute Gasteiger partial charge is 0.472 e. The molecule has 0 heterocycles. The summed E-state index contributed by atoms with van der Waals surface area (Å²) in [5.74, 6) is -0.823. The summed E-state index contributed by atoms with van der Waals surface area (Å²) < 4.78 is 32.8. The van der Waals surface area contributed by atoms with E-state index in [4.69, 9.17) is 24.3 Å². The van der Waals surface area contributed by atoms with Crippen molar-refractivity contribution in [2.45, 2.75) is 245 Å². The molecule has 0 aliphatic rings. The molecular formula is C54H98NO8P. The van der Waals surface area contributed by atoms with E-state index in [0.717, 1.165) is 70.6 Å². The van der Waals surface area contributed by atoms with E-state index in [1.807, 2.05) is 0 Å². The van der Waals surface area contributed by atoms with Crippen LogP contribution < -0.4 is 5.73 Å². The van der Waals surface area contributed by atoms with Crippen molar-refractivity contribution >= 4 is 19.8 Å². The van der Waals surface area contributed by atoms with E-state index in [9.17, 15) is 19.0 Å². The summed E-state index contributed by atoms with van der Waals surface area (Å²) in [5, 5.41) is 0. The topological polar surface area (TPSA) is 134 Å². The lowest BCUT2D eigenvalue weighted by Gasteiger charge is -2.19. The van der Waals surface area contributed by atoms with E-state index in [-0.39, 0.29) is 38.6 Å². The highest BCUT2D eigenvalue weighted by molar-refractivity contribution is 7.47. The van der Waals surface area contributed by atoms with Crippen LogP contribution in [-0.4, -0.2) is 49.3 Å². The SMILES string of the molecule is CC/C=C\C/C=C\C/C=C\C/C=C\C/C=C\CCCCCCCCCCCCCCCCCCCC(=O)OC(COC(=O)CCCCCCCCCCCC)COP(=O)(O)OCCN. The van der Waals surface area contributed by atoms with Gasteiger partial charge in [0.1, 0.15) is 6.61 Å². The van der Waals surface area contributed by atoms with Crippen molar-refractivity contribution in [3.05, 3.63) is 60.8 Å². The van der Waals surface area contributed by atoms with Gasteiger partial charge in [0.25, 0.3) is 0 Å². The highest BCUT2D eigenvalue weighted by Gasteiger charge is 2.26. The molecular weight excluding hydrogens is 822 g/mol. The molecule has 0 radical (unpaired) electrons. The van der Waals surface area contributed by atoms with Gasteiger partial charge >= 0.3 is 19.8 Å². The van der Waals surface area contributed by atoms with Crippen LogP contribution in [0, 0.1) is 0 Å². The number of unbranched alkanes of at least 4 members (excludes halogenated alkanes) is 26. The fourth-order valence-electron chi connectivity index (χ4n) is 7.31. The zero-order valence-corrected chi connectivity index (χ0v) is 42.2. The van der Waals surface area contributed by atoms with Crippen LogP contribution in [0.1, 0.15) is 239 Å². The molecule has 0 bridgehead atoms. The van der Waals surface area contributed by atoms with Crippen LogP contribution in [0.3, 0.4) is 0 Å². The maximum atomic E-state index is 12.6. The number of nitrogens with two attached hydrogens (primary N) is 1. The number of carbonyl (C=O) groups excluding carboxylic acids is 2. The molecule has 0 rings (SSSR count). The first kappa shape index (κ1) is 61.7. The molecule has 0 amide bonds. The Hall–Kier alpha value is -2.29. The Morgan fingerprint density at radius 3 is 1.28 bits per heavy atom. The molecule has 0 aliphatic carbocycles. The Morgan fingerprint density at radius 1 is 0.484 bits per heavy atom. The Balaban J connectivity index is 3.85. The average molecular weight is 920 g/mol. The van der Waals surface area contributed by atoms with Crippen LogP contribution in [0.15, 0.2) is 60.8 Å². The molecule has 0 spiro atoms. The average Bonchev–Trinajstić information content (AvgIpc) is 3.28. The van der Waals surface area contributed by atoms with Gasteiger partial charge in [-0.1, -0.05) is 229 Å². The van der Waals surface area contributed by atoms with Crippen molar-refractivity contribution in [2.24, 2.45) is 5.73 Å². The number of hydrogen-bond donors (Lipinski definition) is 2. The highest BCUT2D eigenvalue weighted by Crippen LogP contribution is 2.43. The van der Waals surface area contributed by atoms with Gasteiger partial charge in [-0.15, -0.1) is 0 Å². The molecule has 0 saturated heterocycles. The number of carbonyl (C=O) groups is 2. The second kappa shape index (κ2) is 50.1. The summed E-state index contributed by atoms with van der Waals surface area (Å²) >= 11 is 0. The summed E-state index contributed by atoms with van der Waals surface area (Å²) in [4.78, 5) is 34.9. The molecule has 3 N–H and O–H groups in total. The Labute approximate surface area is 393 Å². The van der Waals surface area contributed by atoms with Crippen LogP contribution in [0.25, 0.3) is 0 Å². The Bertz CT molecular complexity index is 1230. The predicted octanol–water partition coefficient (Wildman–Crippen LogP) is 16.0. The molecule has 0 fully saturated rings. The molecule has 2 atom stereocenters. The lowest BCUT2D eigenvalue weighted by molar-refractivity contribution is -0.161. The number of allylic oxidation sites excluding steroid dienone is 10. The van der Waals surface area contributed by atoms with Gasteiger partial charge < -0.3 is 20.1 Å². The first-order valence-electron chi connectivity index (χ1n) is 26.3. The van der Waals surface area contributed by atoms with Crippen LogP contribution in [0.5, 0.6) is 0 Å². The summed E-state index contributed by atoms with van der Waals surface area (Å²) in [7, 11) is -4.38. The standard InChI is InChI=1S/C54H98NO8P/c1-3-5-7-9-11-13-15-16-17-18-19-20-21-22-23-24-25-26-27-28-29-30-31-32-33-34-35-36-37-39-41-43-45-47-54(57)63-52(51-62-64(58,59)61-49-48-55)50-60-53(56)46-44-42-40-38-14-12-10-8-6-4-2/h5,7,11,13,16-17,19-20,22-23,52H,3-4,6,8-10,12,14-15,18,21,24-51,55H2,1-2H3,(H,58,59)/b7-5-,13-11-,17-16-,20-19-,23-22-. The third-order valence-electron chi connectivity index (χ3n) is 11.2. The van der Waals surface area contributed by atoms with E-state index in [0.29, 0.717) is 6.42 Å². The molecule has 0 saturated carbocycles. The van der Waals surface area contributed by atoms with Gasteiger partial charge in [-0.2, -0.15) is 0 Å². The third kappa shape index (κ3) is 49.2. The lowest BCUT2D eigenvalue weighted by atomic mass is 10.0. The minimum Gasteiger partial charge on any atom is -0.462 e. The number of phosphoric ester groups is 1. The number of esters is 2. The van der Waals surface area contributed by atoms with Crippen LogP contribution in [-0.2, 0) is 32.7 Å². The number of hydrogen-bond acceptors (Lipinski definition) is 8. The van der Waals surface area contributed by atoms with Gasteiger partial charge in [0.15, 0.2) is 6.10 Å². The first-order chi connectivity index (χ1) is 31.3. The number of rotatable bonds is 49. The zero-order valence-electron chi connectivity index (χ0n) is 41.3. The molecule has 372 valence electrons. The van der Waals surface area contributed by atoms with E-state index in [1.165, 1.54) is 135 Å². The van der Waals surface area contributed by atoms with Gasteiger partial charge in [0.2, 0.25) is 0 Å². The van der Waals surface area contributed by atoms with Crippen molar-refractivity contribution in [2.75, 3.05) is 26.4 Å². The van der Waals surface area contributed by atoms with Crippen molar-refractivity contribution in [3.63, 3.8) is 0 Å². The molecule has 9 nitrogen and oxygen atoms in total. The molecule has 0 aromatic carbocycles. The minimum atomic E-state index is -4.38. The molecule has 0 aromatic rings. The molecule has 0 aliphatic heterocycles. The van der Waals surface area contributed by atoms with Crippen LogP contribution >= 0.6 is 7.82 Å². The van der Waals surface area contributed by atoms with Gasteiger partial charge in [0, 0.05) is 19.4 Å². The van der Waals surface area contributed by atoms with E-state index >= 15 is 0 Å². The van der Waals surface area contributed by atoms with Gasteiger partial charge in [-0.25, -0.2) is 4.57 Å². The third-order valence-corrected chi connectivity index (χ3v) is 12.2. The summed E-state index contributed by atoms with van der Waals surface area (Å²) in [6, 6.07) is 0. The van der Waals surface area contributed by atoms with E-state index in [2.05, 4.69) is 74.6 Å². The molecule has 64 heavy (non-hydrogen) atoms. The summed E-state index contributed by atoms with van der Waals surface area (Å²) in [6.07, 6.45) is 61.4. The van der Waals surface area contributed by atoms with Crippen molar-refractivity contribution in [3.8, 4) is 0 Å². The van der Waals surface area contributed by atoms with Gasteiger partial charge in [0.05, 0.1) is 13.2 Å². The fourth-order valence-corrected chi connectivity index (χ4v) is 8.08. The predicted molar refractivity (Wildman–Crippen MR) is 270 cm³/mol. The monoisotopic (exact) mass is 920 g/mol. The normalized spacial score (nSPS) is 13.6. The van der Waals surface area contributed by atoms with Gasteiger partial charge in [-0.3, -0.25) is 18.6 Å². The quantitative estimate of drug-likeness (QED) is 0.0265. The van der Waals surface area contributed by atoms with E-state index in [1.54, 1.807) is 0 Å². The van der Waals surface area contributed by atoms with Crippen molar-refractivity contribution < 1.29 is 37.6 Å². The highest BCUT2D eigenvalue weighted by atomic mass is 31.2. The second-order valence-electron chi connectivity index (χ2n) is 17.4. The molecule has 10 heteroatoms. The Kier molecular flexibility index (Phi) is 48.3. The van der Waals surface area contributed by atoms with Crippen LogP contribution in [0.4, 0.5) is 0 Å². The van der Waals surface area contributed by atoms with Crippen LogP contribution in [0.2, 0.25) is 0 Å². The maximum absolute atomic E-state index is 12.6. The molecule has 2 unspecified atom stereocenters.